The molecule has 6 heteroatoms. The standard InChI is InChI=1S/C15H17BrF4O/c16-13-8-12(17)5-4-9(13)7-14(21)10-2-1-3-11(6-10)15(18,19)20/h4-5,8,10-11,14,21H,1-3,6-7H2. The number of hydrogen-bond donors (Lipinski definition) is 1. The van der Waals surface area contributed by atoms with Crippen molar-refractivity contribution >= 4 is 15.9 Å². The lowest BCUT2D eigenvalue weighted by atomic mass is 9.77. The summed E-state index contributed by atoms with van der Waals surface area (Å²) in [5.74, 6) is -2.07. The van der Waals surface area contributed by atoms with Gasteiger partial charge in [0.05, 0.1) is 12.0 Å². The molecule has 21 heavy (non-hydrogen) atoms. The molecule has 118 valence electrons. The Kier molecular flexibility index (Phi) is 5.30. The van der Waals surface area contributed by atoms with Gasteiger partial charge < -0.3 is 5.11 Å². The van der Waals surface area contributed by atoms with Crippen LogP contribution in [0.3, 0.4) is 0 Å². The van der Waals surface area contributed by atoms with E-state index in [1.165, 1.54) is 12.1 Å². The maximum atomic E-state index is 13.0. The van der Waals surface area contributed by atoms with E-state index in [0.717, 1.165) is 0 Å². The van der Waals surface area contributed by atoms with Gasteiger partial charge in [-0.3, -0.25) is 0 Å². The molecule has 1 aromatic carbocycles. The minimum atomic E-state index is -4.19. The number of aliphatic hydroxyl groups excluding tert-OH is 1. The van der Waals surface area contributed by atoms with Crippen molar-refractivity contribution in [3.63, 3.8) is 0 Å². The summed E-state index contributed by atoms with van der Waals surface area (Å²) in [5.41, 5.74) is 0.707. The van der Waals surface area contributed by atoms with E-state index in [4.69, 9.17) is 0 Å². The first-order valence-electron chi connectivity index (χ1n) is 6.96. The lowest BCUT2D eigenvalue weighted by Gasteiger charge is -2.33. The van der Waals surface area contributed by atoms with Gasteiger partial charge in [-0.1, -0.05) is 28.4 Å². The molecule has 0 saturated heterocycles. The maximum Gasteiger partial charge on any atom is 0.391 e. The van der Waals surface area contributed by atoms with E-state index in [2.05, 4.69) is 15.9 Å². The average molecular weight is 369 g/mol. The Balaban J connectivity index is 2.01. The third-order valence-electron chi connectivity index (χ3n) is 4.17. The SMILES string of the molecule is OC(Cc1ccc(F)cc1Br)C1CCCC(C(F)(F)F)C1. The van der Waals surface area contributed by atoms with Crippen LogP contribution in [0.1, 0.15) is 31.2 Å². The zero-order chi connectivity index (χ0) is 15.6. The van der Waals surface area contributed by atoms with Crippen LogP contribution in [0, 0.1) is 17.7 Å². The van der Waals surface area contributed by atoms with Crippen LogP contribution < -0.4 is 0 Å². The molecule has 1 saturated carbocycles. The molecule has 0 heterocycles. The van der Waals surface area contributed by atoms with Crippen LogP contribution in [0.25, 0.3) is 0 Å². The monoisotopic (exact) mass is 368 g/mol. The molecule has 3 atom stereocenters. The Labute approximate surface area is 129 Å². The van der Waals surface area contributed by atoms with E-state index in [-0.39, 0.29) is 25.2 Å². The van der Waals surface area contributed by atoms with Crippen molar-refractivity contribution in [3.8, 4) is 0 Å². The summed E-state index contributed by atoms with van der Waals surface area (Å²) in [6.07, 6.45) is -3.58. The van der Waals surface area contributed by atoms with Gasteiger partial charge in [-0.15, -0.1) is 0 Å². The molecule has 0 amide bonds. The largest absolute Gasteiger partial charge is 0.392 e. The van der Waals surface area contributed by atoms with Gasteiger partial charge in [0, 0.05) is 4.47 Å². The number of benzene rings is 1. The summed E-state index contributed by atoms with van der Waals surface area (Å²) in [7, 11) is 0. The van der Waals surface area contributed by atoms with Crippen LogP contribution in [-0.2, 0) is 6.42 Å². The van der Waals surface area contributed by atoms with E-state index >= 15 is 0 Å². The molecule has 1 N–H and O–H groups in total. The van der Waals surface area contributed by atoms with E-state index in [9.17, 15) is 22.7 Å². The van der Waals surface area contributed by atoms with Gasteiger partial charge in [0.1, 0.15) is 5.82 Å². The van der Waals surface area contributed by atoms with E-state index < -0.39 is 24.0 Å². The van der Waals surface area contributed by atoms with Crippen LogP contribution in [0.15, 0.2) is 22.7 Å². The summed E-state index contributed by atoms with van der Waals surface area (Å²) >= 11 is 3.21. The van der Waals surface area contributed by atoms with Crippen LogP contribution in [0.5, 0.6) is 0 Å². The normalized spacial score (nSPS) is 24.9. The summed E-state index contributed by atoms with van der Waals surface area (Å²) in [4.78, 5) is 0. The molecular weight excluding hydrogens is 352 g/mol. The second kappa shape index (κ2) is 6.65. The topological polar surface area (TPSA) is 20.2 Å². The molecule has 2 rings (SSSR count). The van der Waals surface area contributed by atoms with E-state index in [1.807, 2.05) is 0 Å². The third kappa shape index (κ3) is 4.42. The highest BCUT2D eigenvalue weighted by molar-refractivity contribution is 9.10. The Hall–Kier alpha value is -0.620. The van der Waals surface area contributed by atoms with Gasteiger partial charge in [0.2, 0.25) is 0 Å². The second-order valence-corrected chi connectivity index (χ2v) is 6.53. The van der Waals surface area contributed by atoms with Crippen LogP contribution in [0.2, 0.25) is 0 Å². The lowest BCUT2D eigenvalue weighted by molar-refractivity contribution is -0.188. The van der Waals surface area contributed by atoms with Gasteiger partial charge in [-0.2, -0.15) is 13.2 Å². The molecule has 0 bridgehead atoms. The average Bonchev–Trinajstić information content (AvgIpc) is 2.41. The third-order valence-corrected chi connectivity index (χ3v) is 4.90. The fourth-order valence-corrected chi connectivity index (χ4v) is 3.47. The Bertz CT molecular complexity index is 489. The maximum absolute atomic E-state index is 13.0. The first kappa shape index (κ1) is 16.7. The first-order valence-corrected chi connectivity index (χ1v) is 7.75. The van der Waals surface area contributed by atoms with Gasteiger partial charge in [-0.05, 0) is 49.3 Å². The van der Waals surface area contributed by atoms with Gasteiger partial charge >= 0.3 is 6.18 Å². The Morgan fingerprint density at radius 1 is 1.29 bits per heavy atom. The zero-order valence-corrected chi connectivity index (χ0v) is 12.9. The van der Waals surface area contributed by atoms with Crippen molar-refractivity contribution < 1.29 is 22.7 Å². The van der Waals surface area contributed by atoms with E-state index in [1.54, 1.807) is 6.07 Å². The molecule has 0 spiro atoms. The minimum absolute atomic E-state index is 0.0243. The molecule has 3 unspecified atom stereocenters. The fraction of sp³-hybridized carbons (Fsp3) is 0.600. The van der Waals surface area contributed by atoms with Crippen molar-refractivity contribution in [1.29, 1.82) is 0 Å². The smallest absolute Gasteiger partial charge is 0.391 e. The fourth-order valence-electron chi connectivity index (χ4n) is 2.95. The van der Waals surface area contributed by atoms with Crippen molar-refractivity contribution in [2.75, 3.05) is 0 Å². The van der Waals surface area contributed by atoms with Gasteiger partial charge in [0.15, 0.2) is 0 Å². The van der Waals surface area contributed by atoms with Crippen LogP contribution in [-0.4, -0.2) is 17.4 Å². The number of rotatable bonds is 3. The molecule has 1 aliphatic carbocycles. The molecule has 0 radical (unpaired) electrons. The quantitative estimate of drug-likeness (QED) is 0.755. The molecule has 1 aliphatic rings. The van der Waals surface area contributed by atoms with E-state index in [0.29, 0.717) is 22.9 Å². The Morgan fingerprint density at radius 3 is 2.62 bits per heavy atom. The molecule has 0 aromatic heterocycles. The predicted molar refractivity (Wildman–Crippen MR) is 75.3 cm³/mol. The van der Waals surface area contributed by atoms with Crippen molar-refractivity contribution in [2.45, 2.75) is 44.4 Å². The zero-order valence-electron chi connectivity index (χ0n) is 11.3. The van der Waals surface area contributed by atoms with Gasteiger partial charge in [0.25, 0.3) is 0 Å². The number of alkyl halides is 3. The predicted octanol–water partition coefficient (Wildman–Crippen LogP) is 4.86. The number of aliphatic hydroxyl groups is 1. The summed E-state index contributed by atoms with van der Waals surface area (Å²) < 4.78 is 51.9. The summed E-state index contributed by atoms with van der Waals surface area (Å²) in [5, 5.41) is 10.2. The molecular formula is C15H17BrF4O. The first-order chi connectivity index (χ1) is 9.77. The number of hydrogen-bond acceptors (Lipinski definition) is 1. The minimum Gasteiger partial charge on any atom is -0.392 e. The lowest BCUT2D eigenvalue weighted by Crippen LogP contribution is -2.34. The highest BCUT2D eigenvalue weighted by Crippen LogP contribution is 2.41. The van der Waals surface area contributed by atoms with Crippen LogP contribution in [0.4, 0.5) is 17.6 Å². The van der Waals surface area contributed by atoms with Crippen molar-refractivity contribution in [2.24, 2.45) is 11.8 Å². The van der Waals surface area contributed by atoms with Gasteiger partial charge in [-0.25, -0.2) is 4.39 Å². The summed E-state index contributed by atoms with van der Waals surface area (Å²) in [6, 6.07) is 4.13. The second-order valence-electron chi connectivity index (χ2n) is 5.67. The highest BCUT2D eigenvalue weighted by Gasteiger charge is 2.43. The number of halogens is 5. The van der Waals surface area contributed by atoms with Crippen molar-refractivity contribution in [3.05, 3.63) is 34.1 Å². The molecule has 1 aromatic rings. The van der Waals surface area contributed by atoms with Crippen molar-refractivity contribution in [1.82, 2.24) is 0 Å². The molecule has 1 fully saturated rings. The van der Waals surface area contributed by atoms with Crippen LogP contribution >= 0.6 is 15.9 Å². The highest BCUT2D eigenvalue weighted by atomic mass is 79.9. The summed E-state index contributed by atoms with van der Waals surface area (Å²) in [6.45, 7) is 0. The molecule has 1 nitrogen and oxygen atoms in total. The Morgan fingerprint density at radius 2 is 2.00 bits per heavy atom. The molecule has 0 aliphatic heterocycles.